The summed E-state index contributed by atoms with van der Waals surface area (Å²) in [6.07, 6.45) is 8.19. The quantitative estimate of drug-likeness (QED) is 0.140. The molecule has 0 spiro atoms. The smallest absolute Gasteiger partial charge is 0.242 e. The molecule has 1 aliphatic rings. The Bertz CT molecular complexity index is 1340. The lowest BCUT2D eigenvalue weighted by atomic mass is 9.90. The lowest BCUT2D eigenvalue weighted by molar-refractivity contribution is -0.146. The predicted octanol–water partition coefficient (Wildman–Crippen LogP) is 4.97. The Morgan fingerprint density at radius 2 is 1.74 bits per heavy atom. The van der Waals surface area contributed by atoms with Gasteiger partial charge in [0.2, 0.25) is 23.6 Å². The minimum absolute atomic E-state index is 0.0244. The van der Waals surface area contributed by atoms with Crippen LogP contribution in [-0.4, -0.2) is 129 Å². The number of carbonyl (C=O) groups is 4. The number of hydrogen-bond donors (Lipinski definition) is 3. The number of aliphatic hydroxyl groups excluding tert-OH is 1. The van der Waals surface area contributed by atoms with E-state index in [4.69, 9.17) is 9.47 Å². The number of rotatable bonds is 22. The summed E-state index contributed by atoms with van der Waals surface area (Å²) < 4.78 is 11.9. The first-order valence-corrected chi connectivity index (χ1v) is 20.0. The fraction of sp³-hybridized carbons (Fsp3) is 0.659. The van der Waals surface area contributed by atoms with Gasteiger partial charge >= 0.3 is 0 Å². The maximum atomic E-state index is 14.1. The Morgan fingerprint density at radius 3 is 2.24 bits per heavy atom. The summed E-state index contributed by atoms with van der Waals surface area (Å²) in [6.45, 7) is 17.7. The highest BCUT2D eigenvalue weighted by atomic mass is 32.1. The van der Waals surface area contributed by atoms with E-state index in [1.807, 2.05) is 44.4 Å². The largest absolute Gasteiger partial charge is 0.394 e. The zero-order valence-electron chi connectivity index (χ0n) is 34.5. The van der Waals surface area contributed by atoms with Crippen molar-refractivity contribution in [1.82, 2.24) is 25.3 Å². The summed E-state index contributed by atoms with van der Waals surface area (Å²) in [5, 5.41) is 17.4. The molecule has 4 amide bonds. The van der Waals surface area contributed by atoms with Gasteiger partial charge in [-0.2, -0.15) is 0 Å². The fourth-order valence-corrected chi connectivity index (χ4v) is 7.61. The summed E-state index contributed by atoms with van der Waals surface area (Å²) >= 11 is 1.57. The number of likely N-dealkylation sites (tertiary alicyclic amines) is 1. The van der Waals surface area contributed by atoms with Gasteiger partial charge in [-0.25, -0.2) is 0 Å². The topological polar surface area (TPSA) is 141 Å². The minimum Gasteiger partial charge on any atom is -0.394 e. The van der Waals surface area contributed by atoms with E-state index in [1.165, 1.54) is 13.5 Å². The van der Waals surface area contributed by atoms with Crippen LogP contribution in [0, 0.1) is 11.8 Å². The number of ether oxygens (including phenoxy) is 2. The fourth-order valence-electron chi connectivity index (χ4n) is 6.83. The highest BCUT2D eigenvalue weighted by Crippen LogP contribution is 2.31. The molecule has 1 aromatic rings. The molecule has 0 radical (unpaired) electrons. The van der Waals surface area contributed by atoms with Gasteiger partial charge in [0.15, 0.2) is 0 Å². The molecule has 8 unspecified atom stereocenters. The van der Waals surface area contributed by atoms with Crippen molar-refractivity contribution in [3.63, 3.8) is 0 Å². The number of nitrogens with zero attached hydrogens (tertiary/aromatic N) is 3. The van der Waals surface area contributed by atoms with Crippen molar-refractivity contribution in [2.24, 2.45) is 11.8 Å². The van der Waals surface area contributed by atoms with Crippen molar-refractivity contribution in [1.29, 1.82) is 0 Å². The van der Waals surface area contributed by atoms with Gasteiger partial charge in [0.05, 0.1) is 55.8 Å². The Balaban J connectivity index is 0.00000469. The molecule has 13 heteroatoms. The highest BCUT2D eigenvalue weighted by Gasteiger charge is 2.42. The van der Waals surface area contributed by atoms with Gasteiger partial charge in [0.1, 0.15) is 6.04 Å². The van der Waals surface area contributed by atoms with Gasteiger partial charge in [0, 0.05) is 32.7 Å². The van der Waals surface area contributed by atoms with Crippen LogP contribution in [0.15, 0.2) is 54.5 Å². The van der Waals surface area contributed by atoms with Gasteiger partial charge in [-0.1, -0.05) is 84.9 Å². The standard InChI is InChI=1S/C38H61N5O7S.C3H8/c1-11-16-27(13-3)21-28(32-18-15-20-51-32)40-37(47)26(5)36(50-10)29-17-14-19-43(29)33(45)22-31(49-9)35(25(4)12-2)42(8)34(46)23-39-38(48)30(24-44)41(6)7;1-3-2/h11,13,15-16,18,20,25-26,28-31,35-36,44H,1,3,12,14,17,19,21-24H2,2,4-10H3,(H,39,48)(H,40,47);3H2,1-2H3/b27-16+;. The summed E-state index contributed by atoms with van der Waals surface area (Å²) in [4.78, 5) is 59.7. The summed E-state index contributed by atoms with van der Waals surface area (Å²) in [6, 6.07) is 2.14. The second-order valence-electron chi connectivity index (χ2n) is 14.2. The van der Waals surface area contributed by atoms with Crippen LogP contribution in [0.5, 0.6) is 0 Å². The number of aliphatic hydroxyl groups is 1. The number of hydrogen-bond acceptors (Lipinski definition) is 9. The van der Waals surface area contributed by atoms with Crippen molar-refractivity contribution in [2.75, 3.05) is 55.1 Å². The molecular formula is C41H69N5O7S. The van der Waals surface area contributed by atoms with E-state index in [0.717, 1.165) is 23.3 Å². The number of allylic oxidation sites excluding steroid dienone is 3. The minimum atomic E-state index is -0.775. The lowest BCUT2D eigenvalue weighted by Gasteiger charge is -2.39. The van der Waals surface area contributed by atoms with Crippen LogP contribution < -0.4 is 10.6 Å². The zero-order chi connectivity index (χ0) is 41.0. The molecule has 306 valence electrons. The van der Waals surface area contributed by atoms with E-state index in [9.17, 15) is 24.3 Å². The molecule has 2 heterocycles. The predicted molar refractivity (Wildman–Crippen MR) is 218 cm³/mol. The van der Waals surface area contributed by atoms with Gasteiger partial charge in [-0.15, -0.1) is 11.3 Å². The number of carbonyl (C=O) groups excluding carboxylic acids is 4. The average Bonchev–Trinajstić information content (AvgIpc) is 3.87. The molecule has 0 bridgehead atoms. The van der Waals surface area contributed by atoms with Crippen molar-refractivity contribution in [3.05, 3.63) is 59.3 Å². The van der Waals surface area contributed by atoms with Crippen LogP contribution in [-0.2, 0) is 28.7 Å². The number of likely N-dealkylation sites (N-methyl/N-ethyl adjacent to an activating group) is 2. The van der Waals surface area contributed by atoms with Gasteiger partial charge in [0.25, 0.3) is 0 Å². The van der Waals surface area contributed by atoms with E-state index >= 15 is 0 Å². The molecule has 54 heavy (non-hydrogen) atoms. The maximum absolute atomic E-state index is 14.1. The Morgan fingerprint density at radius 1 is 1.07 bits per heavy atom. The van der Waals surface area contributed by atoms with Crippen molar-refractivity contribution in [2.45, 2.75) is 110 Å². The first kappa shape index (κ1) is 48.7. The zero-order valence-corrected chi connectivity index (χ0v) is 35.3. The van der Waals surface area contributed by atoms with Crippen LogP contribution in [0.4, 0.5) is 0 Å². The molecular weight excluding hydrogens is 707 g/mol. The molecule has 1 saturated heterocycles. The second kappa shape index (κ2) is 25.7. The first-order chi connectivity index (χ1) is 25.7. The van der Waals surface area contributed by atoms with Gasteiger partial charge in [-0.3, -0.25) is 24.1 Å². The van der Waals surface area contributed by atoms with Crippen molar-refractivity contribution >= 4 is 35.0 Å². The number of nitrogens with one attached hydrogen (secondary N) is 2. The summed E-state index contributed by atoms with van der Waals surface area (Å²) in [5.41, 5.74) is 0.951. The Hall–Kier alpha value is -3.36. The normalized spacial score (nSPS) is 18.3. The molecule has 0 saturated carbocycles. The molecule has 0 aliphatic carbocycles. The van der Waals surface area contributed by atoms with Crippen LogP contribution in [0.25, 0.3) is 0 Å². The molecule has 8 atom stereocenters. The Labute approximate surface area is 329 Å². The first-order valence-electron chi connectivity index (χ1n) is 19.1. The third kappa shape index (κ3) is 14.4. The SMILES string of the molecule is C=C/C=C(\C=C)CC(NC(=O)C(C)C(OC)C1CCCN1C(=O)CC(OC)C(C(C)CC)N(C)C(=O)CNC(=O)C(CO)N(C)C)c1cccs1.CCC. The van der Waals surface area contributed by atoms with Crippen molar-refractivity contribution < 1.29 is 33.8 Å². The van der Waals surface area contributed by atoms with E-state index in [1.54, 1.807) is 66.4 Å². The number of thiophene rings is 1. The van der Waals surface area contributed by atoms with Crippen LogP contribution in [0.2, 0.25) is 0 Å². The van der Waals surface area contributed by atoms with E-state index in [2.05, 4.69) is 37.6 Å². The van der Waals surface area contributed by atoms with Gasteiger partial charge < -0.3 is 35.0 Å². The third-order valence-electron chi connectivity index (χ3n) is 10.1. The van der Waals surface area contributed by atoms with E-state index in [-0.39, 0.29) is 55.3 Å². The average molecular weight is 776 g/mol. The van der Waals surface area contributed by atoms with E-state index < -0.39 is 36.1 Å². The van der Waals surface area contributed by atoms with Crippen LogP contribution >= 0.6 is 11.3 Å². The molecule has 3 N–H and O–H groups in total. The Kier molecular flexibility index (Phi) is 23.1. The molecule has 1 fully saturated rings. The highest BCUT2D eigenvalue weighted by molar-refractivity contribution is 7.10. The lowest BCUT2D eigenvalue weighted by Crippen LogP contribution is -2.55. The molecule has 12 nitrogen and oxygen atoms in total. The second-order valence-corrected chi connectivity index (χ2v) is 15.2. The maximum Gasteiger partial charge on any atom is 0.242 e. The molecule has 2 rings (SSSR count). The van der Waals surface area contributed by atoms with Crippen LogP contribution in [0.1, 0.15) is 84.1 Å². The van der Waals surface area contributed by atoms with Crippen LogP contribution in [0.3, 0.4) is 0 Å². The molecule has 0 aromatic carbocycles. The van der Waals surface area contributed by atoms with Gasteiger partial charge in [-0.05, 0) is 56.3 Å². The number of amides is 4. The third-order valence-corrected chi connectivity index (χ3v) is 11.0. The monoisotopic (exact) mass is 775 g/mol. The summed E-state index contributed by atoms with van der Waals surface area (Å²) in [5.74, 6) is -1.68. The number of methoxy groups -OCH3 is 2. The summed E-state index contributed by atoms with van der Waals surface area (Å²) in [7, 11) is 8.12. The van der Waals surface area contributed by atoms with E-state index in [0.29, 0.717) is 19.4 Å². The molecule has 1 aliphatic heterocycles. The van der Waals surface area contributed by atoms with Crippen molar-refractivity contribution in [3.8, 4) is 0 Å². The molecule has 1 aromatic heterocycles.